The van der Waals surface area contributed by atoms with Gasteiger partial charge in [-0.2, -0.15) is 0 Å². The van der Waals surface area contributed by atoms with E-state index >= 15 is 0 Å². The summed E-state index contributed by atoms with van der Waals surface area (Å²) in [4.78, 5) is 14.2. The van der Waals surface area contributed by atoms with Crippen LogP contribution in [-0.4, -0.2) is 22.9 Å². The Morgan fingerprint density at radius 3 is 2.88 bits per heavy atom. The van der Waals surface area contributed by atoms with Gasteiger partial charge in [-0.1, -0.05) is 12.1 Å². The van der Waals surface area contributed by atoms with Gasteiger partial charge in [-0.15, -0.1) is 0 Å². The molecule has 2 aliphatic rings. The topological polar surface area (TPSA) is 46.3 Å². The van der Waals surface area contributed by atoms with Crippen molar-refractivity contribution in [2.75, 3.05) is 0 Å². The molecule has 1 heterocycles. The molecule has 1 unspecified atom stereocenters. The van der Waals surface area contributed by atoms with Crippen molar-refractivity contribution in [1.82, 2.24) is 4.90 Å². The summed E-state index contributed by atoms with van der Waals surface area (Å²) in [5.74, 6) is 0.217. The number of nitrogens with zero attached hydrogens (tertiary/aromatic N) is 1. The highest BCUT2D eigenvalue weighted by atomic mass is 16.2. The zero-order chi connectivity index (χ0) is 12.0. The van der Waals surface area contributed by atoms with Crippen LogP contribution in [0.3, 0.4) is 0 Å². The van der Waals surface area contributed by atoms with E-state index < -0.39 is 0 Å². The van der Waals surface area contributed by atoms with E-state index in [9.17, 15) is 4.79 Å². The number of carbonyl (C=O) groups is 1. The lowest BCUT2D eigenvalue weighted by atomic mass is 10.0. The van der Waals surface area contributed by atoms with Gasteiger partial charge in [-0.25, -0.2) is 0 Å². The van der Waals surface area contributed by atoms with Crippen LogP contribution in [0.25, 0.3) is 0 Å². The van der Waals surface area contributed by atoms with Crippen LogP contribution >= 0.6 is 0 Å². The Bertz CT molecular complexity index is 463. The van der Waals surface area contributed by atoms with Gasteiger partial charge in [0.05, 0.1) is 0 Å². The van der Waals surface area contributed by atoms with Crippen LogP contribution in [0.4, 0.5) is 0 Å². The van der Waals surface area contributed by atoms with Crippen LogP contribution in [0.1, 0.15) is 41.3 Å². The first kappa shape index (κ1) is 10.8. The van der Waals surface area contributed by atoms with Crippen molar-refractivity contribution in [2.45, 2.75) is 44.8 Å². The molecule has 17 heavy (non-hydrogen) atoms. The van der Waals surface area contributed by atoms with E-state index in [1.807, 2.05) is 17.9 Å². The summed E-state index contributed by atoms with van der Waals surface area (Å²) in [7, 11) is 0. The van der Waals surface area contributed by atoms with Crippen molar-refractivity contribution >= 4 is 5.91 Å². The van der Waals surface area contributed by atoms with Gasteiger partial charge >= 0.3 is 0 Å². The van der Waals surface area contributed by atoms with E-state index in [0.717, 1.165) is 18.5 Å². The number of fused-ring (bicyclic) bond motifs is 1. The van der Waals surface area contributed by atoms with Crippen molar-refractivity contribution in [3.05, 3.63) is 34.9 Å². The molecule has 0 spiro atoms. The predicted octanol–water partition coefficient (Wildman–Crippen LogP) is 1.69. The SMILES string of the molecule is CC(N)Cc1ccc2c(c1)C(=O)N(C1CC1)C2. The van der Waals surface area contributed by atoms with Gasteiger partial charge in [0.1, 0.15) is 0 Å². The minimum Gasteiger partial charge on any atom is -0.331 e. The van der Waals surface area contributed by atoms with E-state index in [0.29, 0.717) is 6.04 Å². The first-order valence-corrected chi connectivity index (χ1v) is 6.33. The van der Waals surface area contributed by atoms with Gasteiger partial charge in [0.15, 0.2) is 0 Å². The number of amides is 1. The van der Waals surface area contributed by atoms with E-state index in [1.54, 1.807) is 0 Å². The molecule has 0 bridgehead atoms. The molecule has 2 N–H and O–H groups in total. The molecule has 1 fully saturated rings. The Kier molecular flexibility index (Phi) is 2.44. The molecule has 0 aromatic heterocycles. The maximum Gasteiger partial charge on any atom is 0.254 e. The van der Waals surface area contributed by atoms with Crippen LogP contribution in [-0.2, 0) is 13.0 Å². The summed E-state index contributed by atoms with van der Waals surface area (Å²) in [6.45, 7) is 2.79. The standard InChI is InChI=1S/C14H18N2O/c1-9(15)6-10-2-3-11-8-16(12-4-5-12)14(17)13(11)7-10/h2-3,7,9,12H,4-6,8,15H2,1H3. The molecule has 1 amide bonds. The molecule has 3 rings (SSSR count). The number of benzene rings is 1. The second-order valence-electron chi connectivity index (χ2n) is 5.34. The molecule has 0 saturated heterocycles. The molecule has 1 atom stereocenters. The maximum atomic E-state index is 12.2. The highest BCUT2D eigenvalue weighted by molar-refractivity contribution is 5.98. The van der Waals surface area contributed by atoms with Crippen molar-refractivity contribution in [1.29, 1.82) is 0 Å². The molecule has 1 saturated carbocycles. The highest BCUT2D eigenvalue weighted by Gasteiger charge is 2.38. The molecule has 1 aromatic rings. The van der Waals surface area contributed by atoms with Gasteiger partial charge in [0.25, 0.3) is 5.91 Å². The number of hydrogen-bond acceptors (Lipinski definition) is 2. The Balaban J connectivity index is 1.87. The van der Waals surface area contributed by atoms with Crippen molar-refractivity contribution in [2.24, 2.45) is 5.73 Å². The zero-order valence-corrected chi connectivity index (χ0v) is 10.1. The molecule has 3 nitrogen and oxygen atoms in total. The third-order valence-electron chi connectivity index (χ3n) is 3.55. The Morgan fingerprint density at radius 1 is 1.47 bits per heavy atom. The van der Waals surface area contributed by atoms with E-state index in [4.69, 9.17) is 5.73 Å². The summed E-state index contributed by atoms with van der Waals surface area (Å²) in [6, 6.07) is 6.87. The van der Waals surface area contributed by atoms with Crippen LogP contribution in [0.2, 0.25) is 0 Å². The molecular weight excluding hydrogens is 212 g/mol. The quantitative estimate of drug-likeness (QED) is 0.859. The fourth-order valence-corrected chi connectivity index (χ4v) is 2.55. The number of nitrogens with two attached hydrogens (primary N) is 1. The average Bonchev–Trinajstić information content (AvgIpc) is 3.05. The van der Waals surface area contributed by atoms with Crippen molar-refractivity contribution < 1.29 is 4.79 Å². The van der Waals surface area contributed by atoms with E-state index in [1.165, 1.54) is 24.0 Å². The van der Waals surface area contributed by atoms with Gasteiger partial charge in [-0.05, 0) is 43.4 Å². The molecule has 1 aliphatic heterocycles. The van der Waals surface area contributed by atoms with Crippen LogP contribution < -0.4 is 5.73 Å². The summed E-state index contributed by atoms with van der Waals surface area (Å²) in [6.07, 6.45) is 3.18. The maximum absolute atomic E-state index is 12.2. The molecule has 1 aliphatic carbocycles. The first-order valence-electron chi connectivity index (χ1n) is 6.33. The minimum absolute atomic E-state index is 0.143. The molecule has 0 radical (unpaired) electrons. The minimum atomic E-state index is 0.143. The molecule has 1 aromatic carbocycles. The zero-order valence-electron chi connectivity index (χ0n) is 10.1. The third-order valence-corrected chi connectivity index (χ3v) is 3.55. The van der Waals surface area contributed by atoms with Gasteiger partial charge < -0.3 is 10.6 Å². The number of rotatable bonds is 3. The second kappa shape index (κ2) is 3.84. The van der Waals surface area contributed by atoms with E-state index in [-0.39, 0.29) is 11.9 Å². The lowest BCUT2D eigenvalue weighted by Crippen LogP contribution is -2.25. The predicted molar refractivity (Wildman–Crippen MR) is 66.7 cm³/mol. The van der Waals surface area contributed by atoms with Crippen molar-refractivity contribution in [3.8, 4) is 0 Å². The Morgan fingerprint density at radius 2 is 2.24 bits per heavy atom. The fraction of sp³-hybridized carbons (Fsp3) is 0.500. The van der Waals surface area contributed by atoms with Crippen LogP contribution in [0.5, 0.6) is 0 Å². The lowest BCUT2D eigenvalue weighted by Gasteiger charge is -2.13. The summed E-state index contributed by atoms with van der Waals surface area (Å²) in [5.41, 5.74) is 9.04. The summed E-state index contributed by atoms with van der Waals surface area (Å²) < 4.78 is 0. The second-order valence-corrected chi connectivity index (χ2v) is 5.34. The largest absolute Gasteiger partial charge is 0.331 e. The first-order chi connectivity index (χ1) is 8.15. The number of carbonyl (C=O) groups excluding carboxylic acids is 1. The average molecular weight is 230 g/mol. The van der Waals surface area contributed by atoms with E-state index in [2.05, 4.69) is 12.1 Å². The van der Waals surface area contributed by atoms with Gasteiger partial charge in [0, 0.05) is 24.2 Å². The normalized spacial score (nSPS) is 20.6. The molecule has 3 heteroatoms. The van der Waals surface area contributed by atoms with Crippen LogP contribution in [0.15, 0.2) is 18.2 Å². The lowest BCUT2D eigenvalue weighted by molar-refractivity contribution is 0.0766. The molecular formula is C14H18N2O. The highest BCUT2D eigenvalue weighted by Crippen LogP contribution is 2.34. The number of hydrogen-bond donors (Lipinski definition) is 1. The fourth-order valence-electron chi connectivity index (χ4n) is 2.55. The monoisotopic (exact) mass is 230 g/mol. The smallest absolute Gasteiger partial charge is 0.254 e. The van der Waals surface area contributed by atoms with Crippen molar-refractivity contribution in [3.63, 3.8) is 0 Å². The van der Waals surface area contributed by atoms with Crippen LogP contribution in [0, 0.1) is 0 Å². The Labute approximate surface area is 102 Å². The molecule has 90 valence electrons. The third kappa shape index (κ3) is 1.95. The summed E-state index contributed by atoms with van der Waals surface area (Å²) in [5, 5.41) is 0. The van der Waals surface area contributed by atoms with Gasteiger partial charge in [0.2, 0.25) is 0 Å². The Hall–Kier alpha value is -1.35. The van der Waals surface area contributed by atoms with Gasteiger partial charge in [-0.3, -0.25) is 4.79 Å². The summed E-state index contributed by atoms with van der Waals surface area (Å²) >= 11 is 0.